The Bertz CT molecular complexity index is 530. The second-order valence-corrected chi connectivity index (χ2v) is 8.96. The Hall–Kier alpha value is -0.560. The third-order valence-electron chi connectivity index (χ3n) is 8.27. The normalized spacial score (nSPS) is 52.7. The molecule has 4 rings (SSSR count). The molecule has 0 aromatic heterocycles. The summed E-state index contributed by atoms with van der Waals surface area (Å²) < 4.78 is 0. The highest BCUT2D eigenvalue weighted by Gasteiger charge is 2.56. The molecule has 1 heteroatoms. The Labute approximate surface area is 135 Å². The van der Waals surface area contributed by atoms with Gasteiger partial charge in [0, 0.05) is 0 Å². The molecule has 0 heterocycles. The van der Waals surface area contributed by atoms with Crippen LogP contribution in [0.2, 0.25) is 0 Å². The lowest BCUT2D eigenvalue weighted by Crippen LogP contribution is -2.49. The quantitative estimate of drug-likeness (QED) is 0.605. The molecule has 122 valence electrons. The van der Waals surface area contributed by atoms with E-state index in [2.05, 4.69) is 32.9 Å². The lowest BCUT2D eigenvalue weighted by Gasteiger charge is -2.57. The van der Waals surface area contributed by atoms with E-state index in [1.54, 1.807) is 11.1 Å². The molecule has 1 nitrogen and oxygen atoms in total. The second-order valence-electron chi connectivity index (χ2n) is 8.96. The summed E-state index contributed by atoms with van der Waals surface area (Å²) in [6, 6.07) is 0. The Balaban J connectivity index is 1.69. The van der Waals surface area contributed by atoms with Crippen molar-refractivity contribution >= 4 is 0 Å². The molecule has 6 atom stereocenters. The van der Waals surface area contributed by atoms with Gasteiger partial charge < -0.3 is 5.11 Å². The molecule has 1 N–H and O–H groups in total. The standard InChI is InChI=1S/C21H32O/c1-4-14-6-8-18-17-7-5-15-13-16(22)9-11-21(15,3)19(17)10-12-20(14,18)2/h4-5,16-19,22H,6-13H2,1-3H3/b14-4-/t16-,17-,18-,19-,20+,21?/m0/s1. The van der Waals surface area contributed by atoms with Gasteiger partial charge in [0.15, 0.2) is 0 Å². The maximum Gasteiger partial charge on any atom is 0.0577 e. The van der Waals surface area contributed by atoms with E-state index in [-0.39, 0.29) is 6.10 Å². The van der Waals surface area contributed by atoms with Gasteiger partial charge in [-0.25, -0.2) is 0 Å². The minimum absolute atomic E-state index is 0.0779. The summed E-state index contributed by atoms with van der Waals surface area (Å²) in [7, 11) is 0. The van der Waals surface area contributed by atoms with Crippen molar-refractivity contribution in [1.82, 2.24) is 0 Å². The predicted molar refractivity (Wildman–Crippen MR) is 91.5 cm³/mol. The third-order valence-corrected chi connectivity index (χ3v) is 8.27. The zero-order valence-corrected chi connectivity index (χ0v) is 14.6. The van der Waals surface area contributed by atoms with Crippen LogP contribution < -0.4 is 0 Å². The van der Waals surface area contributed by atoms with E-state index in [0.717, 1.165) is 30.6 Å². The molecule has 0 aromatic carbocycles. The highest BCUT2D eigenvalue weighted by Crippen LogP contribution is 2.66. The Morgan fingerprint density at radius 1 is 1.09 bits per heavy atom. The molecular weight excluding hydrogens is 268 g/mol. The van der Waals surface area contributed by atoms with Crippen LogP contribution in [-0.2, 0) is 0 Å². The van der Waals surface area contributed by atoms with E-state index in [9.17, 15) is 5.11 Å². The molecule has 22 heavy (non-hydrogen) atoms. The van der Waals surface area contributed by atoms with Crippen molar-refractivity contribution in [2.75, 3.05) is 0 Å². The van der Waals surface area contributed by atoms with Gasteiger partial charge in [-0.1, -0.05) is 37.1 Å². The van der Waals surface area contributed by atoms with Gasteiger partial charge in [0.25, 0.3) is 0 Å². The first-order chi connectivity index (χ1) is 10.5. The van der Waals surface area contributed by atoms with Crippen molar-refractivity contribution in [3.05, 3.63) is 23.3 Å². The van der Waals surface area contributed by atoms with Gasteiger partial charge in [-0.3, -0.25) is 0 Å². The molecule has 0 spiro atoms. The highest BCUT2D eigenvalue weighted by atomic mass is 16.3. The summed E-state index contributed by atoms with van der Waals surface area (Å²) >= 11 is 0. The Morgan fingerprint density at radius 2 is 1.82 bits per heavy atom. The van der Waals surface area contributed by atoms with Gasteiger partial charge in [-0.2, -0.15) is 0 Å². The number of allylic oxidation sites excluding steroid dienone is 3. The van der Waals surface area contributed by atoms with E-state index in [1.165, 1.54) is 38.5 Å². The first-order valence-electron chi connectivity index (χ1n) is 9.52. The molecule has 3 saturated carbocycles. The zero-order valence-electron chi connectivity index (χ0n) is 14.6. The molecule has 0 aromatic rings. The molecule has 0 bridgehead atoms. The minimum atomic E-state index is -0.0779. The fraction of sp³-hybridized carbons (Fsp3) is 0.810. The molecule has 4 aliphatic rings. The third kappa shape index (κ3) is 1.87. The molecule has 4 aliphatic carbocycles. The van der Waals surface area contributed by atoms with Gasteiger partial charge in [0.2, 0.25) is 0 Å². The van der Waals surface area contributed by atoms with Crippen molar-refractivity contribution in [3.8, 4) is 0 Å². The molecular formula is C21H32O. The monoisotopic (exact) mass is 300 g/mol. The van der Waals surface area contributed by atoms with Crippen LogP contribution in [-0.4, -0.2) is 11.2 Å². The van der Waals surface area contributed by atoms with Crippen LogP contribution in [0.3, 0.4) is 0 Å². The van der Waals surface area contributed by atoms with Crippen LogP contribution in [0.25, 0.3) is 0 Å². The summed E-state index contributed by atoms with van der Waals surface area (Å²) in [5, 5.41) is 10.1. The average Bonchev–Trinajstić information content (AvgIpc) is 2.84. The van der Waals surface area contributed by atoms with Gasteiger partial charge in [0.1, 0.15) is 0 Å². The SMILES string of the molecule is C/C=C1/CC[C@H]2[C@@H]3CC=C4C[C@@H](O)CCC4(C)[C@H]3CC[C@]12C. The maximum atomic E-state index is 10.1. The summed E-state index contributed by atoms with van der Waals surface area (Å²) in [5.74, 6) is 2.66. The van der Waals surface area contributed by atoms with Crippen molar-refractivity contribution < 1.29 is 5.11 Å². The number of aliphatic hydroxyl groups excluding tert-OH is 1. The maximum absolute atomic E-state index is 10.1. The van der Waals surface area contributed by atoms with E-state index < -0.39 is 0 Å². The van der Waals surface area contributed by atoms with E-state index in [1.807, 2.05) is 0 Å². The van der Waals surface area contributed by atoms with Crippen LogP contribution in [0.15, 0.2) is 23.3 Å². The molecule has 1 unspecified atom stereocenters. The predicted octanol–water partition coefficient (Wildman–Crippen LogP) is 5.26. The molecule has 0 amide bonds. The second kappa shape index (κ2) is 4.97. The number of fused-ring (bicyclic) bond motifs is 5. The lowest BCUT2D eigenvalue weighted by atomic mass is 9.48. The largest absolute Gasteiger partial charge is 0.393 e. The molecule has 0 saturated heterocycles. The molecule has 3 fully saturated rings. The number of hydrogen-bond donors (Lipinski definition) is 1. The van der Waals surface area contributed by atoms with Crippen molar-refractivity contribution in [2.24, 2.45) is 28.6 Å². The summed E-state index contributed by atoms with van der Waals surface area (Å²) in [4.78, 5) is 0. The van der Waals surface area contributed by atoms with E-state index in [0.29, 0.717) is 10.8 Å². The van der Waals surface area contributed by atoms with Gasteiger partial charge in [0.05, 0.1) is 6.10 Å². The van der Waals surface area contributed by atoms with E-state index in [4.69, 9.17) is 0 Å². The topological polar surface area (TPSA) is 20.2 Å². The van der Waals surface area contributed by atoms with Crippen LogP contribution in [0.4, 0.5) is 0 Å². The Morgan fingerprint density at radius 3 is 2.59 bits per heavy atom. The summed E-state index contributed by atoms with van der Waals surface area (Å²) in [6.45, 7) is 7.33. The molecule has 0 aliphatic heterocycles. The summed E-state index contributed by atoms with van der Waals surface area (Å²) in [6.07, 6.45) is 14.9. The summed E-state index contributed by atoms with van der Waals surface area (Å²) in [5.41, 5.74) is 4.23. The van der Waals surface area contributed by atoms with Crippen LogP contribution in [0.5, 0.6) is 0 Å². The average molecular weight is 300 g/mol. The van der Waals surface area contributed by atoms with Crippen LogP contribution >= 0.6 is 0 Å². The van der Waals surface area contributed by atoms with Gasteiger partial charge >= 0.3 is 0 Å². The first kappa shape index (κ1) is 15.0. The zero-order chi connectivity index (χ0) is 15.5. The van der Waals surface area contributed by atoms with Crippen molar-refractivity contribution in [3.63, 3.8) is 0 Å². The molecule has 0 radical (unpaired) electrons. The number of rotatable bonds is 0. The van der Waals surface area contributed by atoms with Crippen molar-refractivity contribution in [1.29, 1.82) is 0 Å². The first-order valence-corrected chi connectivity index (χ1v) is 9.52. The minimum Gasteiger partial charge on any atom is -0.393 e. The van der Waals surface area contributed by atoms with Gasteiger partial charge in [-0.15, -0.1) is 0 Å². The van der Waals surface area contributed by atoms with E-state index >= 15 is 0 Å². The van der Waals surface area contributed by atoms with Gasteiger partial charge in [-0.05, 0) is 86.9 Å². The fourth-order valence-electron chi connectivity index (χ4n) is 6.96. The smallest absolute Gasteiger partial charge is 0.0577 e. The highest BCUT2D eigenvalue weighted by molar-refractivity contribution is 5.29. The van der Waals surface area contributed by atoms with Crippen LogP contribution in [0, 0.1) is 28.6 Å². The number of hydrogen-bond acceptors (Lipinski definition) is 1. The fourth-order valence-corrected chi connectivity index (χ4v) is 6.96. The van der Waals surface area contributed by atoms with Crippen LogP contribution in [0.1, 0.15) is 72.1 Å². The Kier molecular flexibility index (Phi) is 3.39. The number of aliphatic hydroxyl groups is 1. The van der Waals surface area contributed by atoms with Crippen molar-refractivity contribution in [2.45, 2.75) is 78.2 Å². The lowest BCUT2D eigenvalue weighted by molar-refractivity contribution is -0.0268.